The maximum atomic E-state index is 7.16. The molecule has 0 bridgehead atoms. The molecule has 7 aromatic rings. The highest BCUT2D eigenvalue weighted by atomic mass is 31.1. The molecule has 1 unspecified atom stereocenters. The second-order valence-corrected chi connectivity index (χ2v) is 16.0. The summed E-state index contributed by atoms with van der Waals surface area (Å²) in [7, 11) is -0.978. The Balaban J connectivity index is 1.35. The molecule has 0 amide bonds. The number of hydrogen-bond acceptors (Lipinski definition) is 3. The predicted octanol–water partition coefficient (Wildman–Crippen LogP) is 10.7. The van der Waals surface area contributed by atoms with Crippen LogP contribution in [0.2, 0.25) is 0 Å². The maximum absolute atomic E-state index is 7.16. The van der Waals surface area contributed by atoms with Crippen molar-refractivity contribution in [3.63, 3.8) is 0 Å². The van der Waals surface area contributed by atoms with Crippen LogP contribution in [0.25, 0.3) is 11.1 Å². The lowest BCUT2D eigenvalue weighted by Crippen LogP contribution is -2.41. The van der Waals surface area contributed by atoms with Crippen molar-refractivity contribution < 1.29 is 9.47 Å². The Bertz CT molecular complexity index is 2540. The molecule has 0 saturated heterocycles. The van der Waals surface area contributed by atoms with Gasteiger partial charge < -0.3 is 14.4 Å². The predicted molar refractivity (Wildman–Crippen MR) is 205 cm³/mol. The number of aryl methyl sites for hydroxylation is 3. The highest BCUT2D eigenvalue weighted by Gasteiger charge is 2.53. The topological polar surface area (TPSA) is 21.7 Å². The Hall–Kier alpha value is -5.63. The van der Waals surface area contributed by atoms with E-state index in [0.717, 1.165) is 34.2 Å². The Morgan fingerprint density at radius 2 is 1.06 bits per heavy atom. The van der Waals surface area contributed by atoms with Crippen LogP contribution in [0.3, 0.4) is 0 Å². The first-order chi connectivity index (χ1) is 24.5. The first-order valence-electron chi connectivity index (χ1n) is 17.3. The molecular formula is C46H32NO2P. The van der Waals surface area contributed by atoms with E-state index in [1.165, 1.54) is 71.8 Å². The summed E-state index contributed by atoms with van der Waals surface area (Å²) in [4.78, 5) is 2.52. The van der Waals surface area contributed by atoms with E-state index in [2.05, 4.69) is 165 Å². The number of fused-ring (bicyclic) bond motifs is 4. The van der Waals surface area contributed by atoms with E-state index in [-0.39, 0.29) is 0 Å². The van der Waals surface area contributed by atoms with E-state index in [1.807, 2.05) is 0 Å². The van der Waals surface area contributed by atoms with E-state index < -0.39 is 13.3 Å². The number of rotatable bonds is 3. The quantitative estimate of drug-likeness (QED) is 0.176. The summed E-state index contributed by atoms with van der Waals surface area (Å²) < 4.78 is 14.0. The molecule has 4 heteroatoms. The van der Waals surface area contributed by atoms with Gasteiger partial charge in [-0.15, -0.1) is 0 Å². The van der Waals surface area contributed by atoms with Gasteiger partial charge in [-0.05, 0) is 102 Å². The Kier molecular flexibility index (Phi) is 5.63. The molecule has 11 rings (SSSR count). The molecule has 3 nitrogen and oxygen atoms in total. The molecule has 0 spiro atoms. The van der Waals surface area contributed by atoms with Crippen molar-refractivity contribution in [2.24, 2.45) is 0 Å². The molecule has 0 aromatic heterocycles. The van der Waals surface area contributed by atoms with Crippen molar-refractivity contribution in [1.82, 2.24) is 0 Å². The summed E-state index contributed by atoms with van der Waals surface area (Å²) in [6.07, 6.45) is 0. The molecule has 1 atom stereocenters. The Morgan fingerprint density at radius 1 is 0.500 bits per heavy atom. The van der Waals surface area contributed by atoms with Crippen LogP contribution < -0.4 is 30.3 Å². The van der Waals surface area contributed by atoms with E-state index in [1.54, 1.807) is 0 Å². The van der Waals surface area contributed by atoms with Gasteiger partial charge >= 0.3 is 0 Å². The lowest BCUT2D eigenvalue weighted by atomic mass is 9.67. The van der Waals surface area contributed by atoms with Crippen LogP contribution in [-0.2, 0) is 5.41 Å². The second-order valence-electron chi connectivity index (χ2n) is 14.0. The van der Waals surface area contributed by atoms with Gasteiger partial charge in [0.25, 0.3) is 0 Å². The minimum Gasteiger partial charge on any atom is -0.456 e. The number of benzene rings is 7. The van der Waals surface area contributed by atoms with Gasteiger partial charge in [-0.2, -0.15) is 0 Å². The lowest BCUT2D eigenvalue weighted by Gasteiger charge is -2.45. The van der Waals surface area contributed by atoms with Crippen molar-refractivity contribution in [1.29, 1.82) is 0 Å². The van der Waals surface area contributed by atoms with Crippen LogP contribution >= 0.6 is 7.92 Å². The standard InChI is InChI=1S/C46H32NO2P/c1-27-18-20-32(21-19-27)47-36-22-28(2)23-37-43(36)50-44-38(48-37)24-29(3)25-39(44)49-40-26-35-41(42(47)45(40)50)33-16-10-11-17-34(33)46(35,30-12-6-4-7-13-30)31-14-8-5-9-15-31/h4-26H,1-3H3. The van der Waals surface area contributed by atoms with E-state index >= 15 is 0 Å². The van der Waals surface area contributed by atoms with Crippen LogP contribution in [0.5, 0.6) is 23.0 Å². The fourth-order valence-electron chi connectivity index (χ4n) is 9.00. The van der Waals surface area contributed by atoms with Crippen LogP contribution in [0.4, 0.5) is 17.1 Å². The minimum atomic E-state index is -0.978. The van der Waals surface area contributed by atoms with Crippen molar-refractivity contribution >= 4 is 40.9 Å². The highest BCUT2D eigenvalue weighted by molar-refractivity contribution is 7.81. The molecule has 0 saturated carbocycles. The average Bonchev–Trinajstić information content (AvgIpc) is 3.43. The fraction of sp³-hybridized carbons (Fsp3) is 0.0870. The molecule has 1 aliphatic carbocycles. The van der Waals surface area contributed by atoms with Crippen LogP contribution in [0, 0.1) is 20.8 Å². The second kappa shape index (κ2) is 9.97. The van der Waals surface area contributed by atoms with Gasteiger partial charge in [-0.25, -0.2) is 0 Å². The number of nitrogens with zero attached hydrogens (tertiary/aromatic N) is 1. The van der Waals surface area contributed by atoms with Gasteiger partial charge in [-0.3, -0.25) is 0 Å². The number of hydrogen-bond donors (Lipinski definition) is 0. The van der Waals surface area contributed by atoms with Gasteiger partial charge in [0.1, 0.15) is 23.0 Å². The van der Waals surface area contributed by atoms with Crippen LogP contribution in [0.15, 0.2) is 140 Å². The molecule has 7 aromatic carbocycles. The molecular weight excluding hydrogens is 629 g/mol. The first kappa shape index (κ1) is 28.2. The van der Waals surface area contributed by atoms with Crippen LogP contribution in [-0.4, -0.2) is 0 Å². The van der Waals surface area contributed by atoms with E-state index in [9.17, 15) is 0 Å². The summed E-state index contributed by atoms with van der Waals surface area (Å²) >= 11 is 0. The van der Waals surface area contributed by atoms with E-state index in [0.29, 0.717) is 0 Å². The molecule has 0 N–H and O–H groups in total. The molecule has 50 heavy (non-hydrogen) atoms. The molecule has 3 heterocycles. The summed E-state index contributed by atoms with van der Waals surface area (Å²) in [6, 6.07) is 51.5. The summed E-state index contributed by atoms with van der Waals surface area (Å²) in [5.74, 6) is 3.72. The van der Waals surface area contributed by atoms with Gasteiger partial charge in [0.2, 0.25) is 0 Å². The van der Waals surface area contributed by atoms with Crippen molar-refractivity contribution in [3.05, 3.63) is 178 Å². The summed E-state index contributed by atoms with van der Waals surface area (Å²) in [5.41, 5.74) is 14.1. The maximum Gasteiger partial charge on any atom is 0.139 e. The lowest BCUT2D eigenvalue weighted by molar-refractivity contribution is 0.465. The third-order valence-corrected chi connectivity index (χ3v) is 13.6. The largest absolute Gasteiger partial charge is 0.456 e. The van der Waals surface area contributed by atoms with Crippen molar-refractivity contribution in [3.8, 4) is 34.1 Å². The van der Waals surface area contributed by atoms with Crippen molar-refractivity contribution in [2.75, 3.05) is 4.90 Å². The smallest absolute Gasteiger partial charge is 0.139 e. The molecule has 238 valence electrons. The summed E-state index contributed by atoms with van der Waals surface area (Å²) in [6.45, 7) is 6.47. The molecule has 4 aliphatic rings. The SMILES string of the molecule is Cc1ccc(N2c3cc(C)cc4c3P3c5c(cc(C)cc5Oc5cc6c(c2c53)-c2ccccc2C6(c2ccccc2)c2ccccc2)O4)cc1. The summed E-state index contributed by atoms with van der Waals surface area (Å²) in [5, 5.41) is 3.72. The average molecular weight is 662 g/mol. The number of anilines is 3. The van der Waals surface area contributed by atoms with E-state index in [4.69, 9.17) is 9.47 Å². The minimum absolute atomic E-state index is 0.554. The Morgan fingerprint density at radius 3 is 1.72 bits per heavy atom. The molecule has 3 aliphatic heterocycles. The first-order valence-corrected chi connectivity index (χ1v) is 18.6. The normalized spacial score (nSPS) is 16.1. The fourth-order valence-corrected chi connectivity index (χ4v) is 11.8. The molecule has 0 radical (unpaired) electrons. The van der Waals surface area contributed by atoms with Gasteiger partial charge in [0, 0.05) is 19.2 Å². The van der Waals surface area contributed by atoms with Gasteiger partial charge in [0.05, 0.1) is 32.7 Å². The Labute approximate surface area is 293 Å². The van der Waals surface area contributed by atoms with Gasteiger partial charge in [-0.1, -0.05) is 103 Å². The van der Waals surface area contributed by atoms with Crippen molar-refractivity contribution in [2.45, 2.75) is 26.2 Å². The highest BCUT2D eigenvalue weighted by Crippen LogP contribution is 2.66. The zero-order chi connectivity index (χ0) is 33.3. The number of ether oxygens (including phenoxy) is 2. The third-order valence-electron chi connectivity index (χ3n) is 10.9. The zero-order valence-corrected chi connectivity index (χ0v) is 28.9. The van der Waals surface area contributed by atoms with Crippen LogP contribution in [0.1, 0.15) is 38.9 Å². The third kappa shape index (κ3) is 3.53. The van der Waals surface area contributed by atoms with Gasteiger partial charge in [0.15, 0.2) is 0 Å². The monoisotopic (exact) mass is 661 g/mol. The zero-order valence-electron chi connectivity index (χ0n) is 28.0. The molecule has 0 fully saturated rings.